The highest BCUT2D eigenvalue weighted by Gasteiger charge is 2.33. The van der Waals surface area contributed by atoms with Crippen LogP contribution in [0.1, 0.15) is 42.8 Å². The van der Waals surface area contributed by atoms with Crippen LogP contribution in [0.4, 0.5) is 0 Å². The average Bonchev–Trinajstić information content (AvgIpc) is 2.61. The quantitative estimate of drug-likeness (QED) is 0.912. The van der Waals surface area contributed by atoms with Crippen molar-refractivity contribution in [3.05, 3.63) is 15.6 Å². The molecule has 0 amide bonds. The van der Waals surface area contributed by atoms with E-state index in [1.807, 2.05) is 11.3 Å². The second-order valence-corrected chi connectivity index (χ2v) is 7.22. The number of aromatic nitrogens is 1. The van der Waals surface area contributed by atoms with Crippen molar-refractivity contribution in [2.45, 2.75) is 59.2 Å². The Balaban J connectivity index is 2.09. The number of hydrogen-bond acceptors (Lipinski definition) is 4. The molecule has 0 aliphatic carbocycles. The van der Waals surface area contributed by atoms with Crippen molar-refractivity contribution < 1.29 is 0 Å². The van der Waals surface area contributed by atoms with Crippen molar-refractivity contribution in [3.8, 4) is 0 Å². The third-order valence-corrected chi connectivity index (χ3v) is 5.07. The van der Waals surface area contributed by atoms with Crippen LogP contribution in [-0.4, -0.2) is 34.6 Å². The van der Waals surface area contributed by atoms with E-state index in [-0.39, 0.29) is 5.54 Å². The van der Waals surface area contributed by atoms with Crippen molar-refractivity contribution in [1.82, 2.24) is 15.2 Å². The predicted octanol–water partition coefficient (Wildman–Crippen LogP) is 2.72. The van der Waals surface area contributed by atoms with Gasteiger partial charge in [0.25, 0.3) is 0 Å². The minimum absolute atomic E-state index is 0.221. The first kappa shape index (κ1) is 14.0. The zero-order valence-electron chi connectivity index (χ0n) is 12.2. The summed E-state index contributed by atoms with van der Waals surface area (Å²) in [5.74, 6) is 0. The molecule has 1 atom stereocenters. The highest BCUT2D eigenvalue weighted by molar-refractivity contribution is 7.11. The molecule has 0 bridgehead atoms. The van der Waals surface area contributed by atoms with E-state index in [0.29, 0.717) is 6.04 Å². The summed E-state index contributed by atoms with van der Waals surface area (Å²) in [7, 11) is 0. The Kier molecular flexibility index (Phi) is 4.09. The molecule has 2 rings (SSSR count). The van der Waals surface area contributed by atoms with Crippen molar-refractivity contribution in [2.24, 2.45) is 0 Å². The number of rotatable bonds is 3. The van der Waals surface area contributed by atoms with E-state index >= 15 is 0 Å². The number of thiazole rings is 1. The van der Waals surface area contributed by atoms with E-state index in [1.165, 1.54) is 22.0 Å². The molecule has 1 aromatic rings. The summed E-state index contributed by atoms with van der Waals surface area (Å²) >= 11 is 1.84. The van der Waals surface area contributed by atoms with Gasteiger partial charge in [0.1, 0.15) is 5.01 Å². The van der Waals surface area contributed by atoms with Crippen LogP contribution < -0.4 is 5.32 Å². The largest absolute Gasteiger partial charge is 0.311 e. The molecule has 0 saturated carbocycles. The molecule has 0 spiro atoms. The van der Waals surface area contributed by atoms with Gasteiger partial charge in [-0.15, -0.1) is 11.3 Å². The van der Waals surface area contributed by atoms with Crippen molar-refractivity contribution in [1.29, 1.82) is 0 Å². The first-order chi connectivity index (χ1) is 8.42. The molecule has 3 nitrogen and oxygen atoms in total. The Hall–Kier alpha value is -0.450. The summed E-state index contributed by atoms with van der Waals surface area (Å²) < 4.78 is 0. The number of nitrogens with zero attached hydrogens (tertiary/aromatic N) is 2. The van der Waals surface area contributed by atoms with Gasteiger partial charge < -0.3 is 5.32 Å². The lowest BCUT2D eigenvalue weighted by molar-refractivity contribution is 0.0576. The van der Waals surface area contributed by atoms with Gasteiger partial charge in [-0.3, -0.25) is 4.90 Å². The van der Waals surface area contributed by atoms with Crippen LogP contribution in [-0.2, 0) is 6.54 Å². The highest BCUT2D eigenvalue weighted by Crippen LogP contribution is 2.25. The lowest BCUT2D eigenvalue weighted by Gasteiger charge is -2.45. The van der Waals surface area contributed by atoms with Crippen LogP contribution in [0.2, 0.25) is 0 Å². The van der Waals surface area contributed by atoms with Gasteiger partial charge >= 0.3 is 0 Å². The molecule has 1 aliphatic rings. The summed E-state index contributed by atoms with van der Waals surface area (Å²) in [6.45, 7) is 14.3. The molecule has 18 heavy (non-hydrogen) atoms. The standard InChI is InChI=1S/C14H25N3S/c1-6-12-7-17(14(4,5)9-15-12)8-13-16-10(2)11(3)18-13/h12,15H,6-9H2,1-5H3. The normalized spacial score (nSPS) is 24.4. The molecule has 1 aliphatic heterocycles. The fraction of sp³-hybridized carbons (Fsp3) is 0.786. The van der Waals surface area contributed by atoms with E-state index in [9.17, 15) is 0 Å². The van der Waals surface area contributed by atoms with Gasteiger partial charge in [0, 0.05) is 29.5 Å². The maximum Gasteiger partial charge on any atom is 0.107 e. The van der Waals surface area contributed by atoms with E-state index in [4.69, 9.17) is 0 Å². The minimum atomic E-state index is 0.221. The van der Waals surface area contributed by atoms with E-state index in [0.717, 1.165) is 19.6 Å². The van der Waals surface area contributed by atoms with Crippen LogP contribution >= 0.6 is 11.3 Å². The third kappa shape index (κ3) is 2.92. The van der Waals surface area contributed by atoms with Crippen molar-refractivity contribution in [2.75, 3.05) is 13.1 Å². The predicted molar refractivity (Wildman–Crippen MR) is 78.2 cm³/mol. The van der Waals surface area contributed by atoms with Gasteiger partial charge in [-0.05, 0) is 34.1 Å². The van der Waals surface area contributed by atoms with Crippen LogP contribution in [0.3, 0.4) is 0 Å². The van der Waals surface area contributed by atoms with Crippen LogP contribution in [0.25, 0.3) is 0 Å². The van der Waals surface area contributed by atoms with E-state index in [2.05, 4.69) is 49.8 Å². The Morgan fingerprint density at radius 3 is 2.72 bits per heavy atom. The molecule has 4 heteroatoms. The van der Waals surface area contributed by atoms with Crippen molar-refractivity contribution in [3.63, 3.8) is 0 Å². The molecule has 2 heterocycles. The monoisotopic (exact) mass is 267 g/mol. The maximum atomic E-state index is 4.68. The molecule has 102 valence electrons. The number of nitrogens with one attached hydrogen (secondary N) is 1. The molecule has 1 saturated heterocycles. The summed E-state index contributed by atoms with van der Waals surface area (Å²) in [6, 6.07) is 0.625. The lowest BCUT2D eigenvalue weighted by atomic mass is 9.96. The van der Waals surface area contributed by atoms with Gasteiger partial charge in [-0.1, -0.05) is 6.92 Å². The zero-order valence-corrected chi connectivity index (χ0v) is 13.0. The fourth-order valence-electron chi connectivity index (χ4n) is 2.41. The van der Waals surface area contributed by atoms with Gasteiger partial charge in [0.15, 0.2) is 0 Å². The highest BCUT2D eigenvalue weighted by atomic mass is 32.1. The average molecular weight is 267 g/mol. The molecular weight excluding hydrogens is 242 g/mol. The summed E-state index contributed by atoms with van der Waals surface area (Å²) in [5.41, 5.74) is 1.41. The van der Waals surface area contributed by atoms with E-state index in [1.54, 1.807) is 0 Å². The smallest absolute Gasteiger partial charge is 0.107 e. The molecule has 0 aromatic carbocycles. The molecule has 1 aromatic heterocycles. The zero-order chi connectivity index (χ0) is 13.3. The Morgan fingerprint density at radius 2 is 2.17 bits per heavy atom. The first-order valence-electron chi connectivity index (χ1n) is 6.83. The molecular formula is C14H25N3S. The van der Waals surface area contributed by atoms with Gasteiger partial charge in [0.05, 0.1) is 12.2 Å². The fourth-order valence-corrected chi connectivity index (χ4v) is 3.36. The first-order valence-corrected chi connectivity index (χ1v) is 7.65. The second kappa shape index (κ2) is 5.27. The maximum absolute atomic E-state index is 4.68. The van der Waals surface area contributed by atoms with E-state index < -0.39 is 0 Å². The third-order valence-electron chi connectivity index (χ3n) is 4.01. The van der Waals surface area contributed by atoms with Crippen LogP contribution in [0, 0.1) is 13.8 Å². The SMILES string of the molecule is CCC1CN(Cc2nc(C)c(C)s2)C(C)(C)CN1. The van der Waals surface area contributed by atoms with Gasteiger partial charge in [-0.2, -0.15) is 0 Å². The molecule has 1 unspecified atom stereocenters. The Labute approximate surface area is 115 Å². The van der Waals surface area contributed by atoms with Crippen molar-refractivity contribution >= 4 is 11.3 Å². The summed E-state index contributed by atoms with van der Waals surface area (Å²) in [5, 5.41) is 4.89. The van der Waals surface area contributed by atoms with Crippen LogP contribution in [0.5, 0.6) is 0 Å². The number of hydrogen-bond donors (Lipinski definition) is 1. The molecule has 1 N–H and O–H groups in total. The number of piperazine rings is 1. The van der Waals surface area contributed by atoms with Crippen LogP contribution in [0.15, 0.2) is 0 Å². The lowest BCUT2D eigenvalue weighted by Crippen LogP contribution is -2.61. The summed E-state index contributed by atoms with van der Waals surface area (Å²) in [6.07, 6.45) is 1.20. The molecule has 0 radical (unpaired) electrons. The molecule has 1 fully saturated rings. The Bertz CT molecular complexity index is 392. The van der Waals surface area contributed by atoms with Gasteiger partial charge in [-0.25, -0.2) is 4.98 Å². The topological polar surface area (TPSA) is 28.2 Å². The summed E-state index contributed by atoms with van der Waals surface area (Å²) in [4.78, 5) is 8.61. The number of aryl methyl sites for hydroxylation is 2. The van der Waals surface area contributed by atoms with Gasteiger partial charge in [0.2, 0.25) is 0 Å². The second-order valence-electron chi connectivity index (χ2n) is 5.93. The Morgan fingerprint density at radius 1 is 1.44 bits per heavy atom. The minimum Gasteiger partial charge on any atom is -0.311 e.